The number of aryl methyl sites for hydroxylation is 1. The number of rotatable bonds is 3. The molecule has 0 bridgehead atoms. The van der Waals surface area contributed by atoms with Crippen LogP contribution in [0.4, 0.5) is 0 Å². The molecule has 0 unspecified atom stereocenters. The number of hydrogen-bond donors (Lipinski definition) is 0. The van der Waals surface area contributed by atoms with Crippen molar-refractivity contribution in [3.05, 3.63) is 95.6 Å². The van der Waals surface area contributed by atoms with E-state index in [1.54, 1.807) is 22.9 Å². The molecule has 2 aliphatic carbocycles. The predicted molar refractivity (Wildman–Crippen MR) is 134 cm³/mol. The average Bonchev–Trinajstić information content (AvgIpc) is 3.37. The van der Waals surface area contributed by atoms with Crippen LogP contribution >= 0.6 is 11.8 Å². The second-order valence-corrected chi connectivity index (χ2v) is 9.16. The molecule has 3 aromatic rings. The van der Waals surface area contributed by atoms with Gasteiger partial charge in [-0.3, -0.25) is 4.99 Å². The van der Waals surface area contributed by atoms with Gasteiger partial charge in [0.05, 0.1) is 0 Å². The highest BCUT2D eigenvalue weighted by Gasteiger charge is 2.20. The van der Waals surface area contributed by atoms with E-state index < -0.39 is 0 Å². The lowest BCUT2D eigenvalue weighted by Gasteiger charge is -2.25. The number of aliphatic imine (C=N–C) groups is 1. The van der Waals surface area contributed by atoms with Gasteiger partial charge in [0.15, 0.2) is 0 Å². The van der Waals surface area contributed by atoms with E-state index in [2.05, 4.69) is 53.5 Å². The predicted octanol–water partition coefficient (Wildman–Crippen LogP) is 7.10. The van der Waals surface area contributed by atoms with Crippen molar-refractivity contribution in [1.29, 1.82) is 0 Å². The highest BCUT2D eigenvalue weighted by atomic mass is 32.2. The minimum absolute atomic E-state index is 0.620. The van der Waals surface area contributed by atoms with Crippen LogP contribution in [0.5, 0.6) is 5.75 Å². The maximum absolute atomic E-state index is 5.54. The minimum atomic E-state index is 0.620. The average molecular weight is 426 g/mol. The van der Waals surface area contributed by atoms with Crippen molar-refractivity contribution in [3.63, 3.8) is 0 Å². The van der Waals surface area contributed by atoms with E-state index >= 15 is 0 Å². The van der Waals surface area contributed by atoms with Crippen LogP contribution < -0.4 is 4.74 Å². The summed E-state index contributed by atoms with van der Waals surface area (Å²) in [7, 11) is 0. The van der Waals surface area contributed by atoms with Crippen LogP contribution in [0.3, 0.4) is 0 Å². The van der Waals surface area contributed by atoms with E-state index in [-0.39, 0.29) is 0 Å². The summed E-state index contributed by atoms with van der Waals surface area (Å²) in [6.45, 7) is 1.56. The zero-order valence-corrected chi connectivity index (χ0v) is 18.5. The fourth-order valence-corrected chi connectivity index (χ4v) is 5.26. The summed E-state index contributed by atoms with van der Waals surface area (Å²) in [5, 5.41) is 3.93. The van der Waals surface area contributed by atoms with Gasteiger partial charge in [-0.25, -0.2) is 0 Å². The molecule has 0 N–H and O–H groups in total. The number of hydrogen-bond acceptors (Lipinski definition) is 3. The topological polar surface area (TPSA) is 21.6 Å². The van der Waals surface area contributed by atoms with Gasteiger partial charge in [-0.15, -0.1) is 11.8 Å². The molecule has 156 valence electrons. The summed E-state index contributed by atoms with van der Waals surface area (Å²) >= 11 is 1.79. The molecule has 1 aliphatic heterocycles. The molecule has 0 saturated heterocycles. The van der Waals surface area contributed by atoms with Gasteiger partial charge in [-0.1, -0.05) is 72.3 Å². The van der Waals surface area contributed by atoms with Gasteiger partial charge in [0.1, 0.15) is 17.4 Å². The fraction of sp³-hybridized carbons (Fsp3) is 0.250. The van der Waals surface area contributed by atoms with Crippen molar-refractivity contribution in [2.24, 2.45) is 4.99 Å². The Hall–Kier alpha value is -2.78. The Morgan fingerprint density at radius 3 is 2.61 bits per heavy atom. The summed E-state index contributed by atoms with van der Waals surface area (Å²) in [5.41, 5.74) is 6.21. The van der Waals surface area contributed by atoms with E-state index in [0.29, 0.717) is 6.61 Å². The molecule has 0 radical (unpaired) electrons. The standard InChI is InChI=1S/C18H16.C10H11NOS/c1-3-7-15-13(5-1)9-11-18-16-8-4-2-6-14(16)10-12-17(15)18;1-2-4-9(5-3-1)12-8-10-11-6-7-13-10/h1,3-5,7-9,11H,2,6,10,12H2;1-5H,6-8H2. The van der Waals surface area contributed by atoms with E-state index in [4.69, 9.17) is 4.74 Å². The van der Waals surface area contributed by atoms with Crippen LogP contribution in [-0.4, -0.2) is 23.9 Å². The summed E-state index contributed by atoms with van der Waals surface area (Å²) < 4.78 is 5.54. The lowest BCUT2D eigenvalue weighted by molar-refractivity contribution is 0.379. The SMILES string of the molecule is C1=CC2=C(CC1)CCc1c2ccc2ccccc12.c1ccc(OCC2=NCCS2)cc1. The number of allylic oxidation sites excluding steroid dienone is 4. The molecule has 0 spiro atoms. The third kappa shape index (κ3) is 4.62. The lowest BCUT2D eigenvalue weighted by atomic mass is 9.80. The van der Waals surface area contributed by atoms with Crippen molar-refractivity contribution in [2.75, 3.05) is 18.9 Å². The number of ether oxygens (including phenoxy) is 1. The maximum atomic E-state index is 5.54. The maximum Gasteiger partial charge on any atom is 0.136 e. The molecular weight excluding hydrogens is 398 g/mol. The largest absolute Gasteiger partial charge is 0.487 e. The van der Waals surface area contributed by atoms with Crippen molar-refractivity contribution in [1.82, 2.24) is 0 Å². The molecule has 0 aromatic heterocycles. The van der Waals surface area contributed by atoms with Crippen LogP contribution in [0.25, 0.3) is 16.3 Å². The molecule has 0 saturated carbocycles. The number of fused-ring (bicyclic) bond motifs is 4. The summed E-state index contributed by atoms with van der Waals surface area (Å²) in [6.07, 6.45) is 9.61. The first-order valence-electron chi connectivity index (χ1n) is 11.1. The number of thioether (sulfide) groups is 1. The molecule has 1 heterocycles. The zero-order chi connectivity index (χ0) is 20.9. The number of benzene rings is 3. The molecule has 2 nitrogen and oxygen atoms in total. The fourth-order valence-electron chi connectivity index (χ4n) is 4.51. The van der Waals surface area contributed by atoms with Gasteiger partial charge < -0.3 is 4.74 Å². The Morgan fingerprint density at radius 2 is 1.74 bits per heavy atom. The van der Waals surface area contributed by atoms with Crippen molar-refractivity contribution in [3.8, 4) is 5.75 Å². The van der Waals surface area contributed by atoms with E-state index in [1.807, 2.05) is 30.3 Å². The third-order valence-electron chi connectivity index (χ3n) is 6.04. The monoisotopic (exact) mass is 425 g/mol. The van der Waals surface area contributed by atoms with E-state index in [0.717, 1.165) is 23.1 Å². The third-order valence-corrected chi connectivity index (χ3v) is 7.01. The molecule has 0 amide bonds. The van der Waals surface area contributed by atoms with Gasteiger partial charge in [0, 0.05) is 12.3 Å². The van der Waals surface area contributed by atoms with Gasteiger partial charge in [-0.05, 0) is 65.3 Å². The molecular formula is C28H27NOS. The molecule has 3 aromatic carbocycles. The highest BCUT2D eigenvalue weighted by Crippen LogP contribution is 2.39. The smallest absolute Gasteiger partial charge is 0.136 e. The Labute approximate surface area is 188 Å². The van der Waals surface area contributed by atoms with Gasteiger partial charge in [0.2, 0.25) is 0 Å². The van der Waals surface area contributed by atoms with Crippen molar-refractivity contribution in [2.45, 2.75) is 25.7 Å². The number of nitrogens with zero attached hydrogens (tertiary/aromatic N) is 1. The molecule has 3 aliphatic rings. The van der Waals surface area contributed by atoms with Crippen LogP contribution in [-0.2, 0) is 6.42 Å². The summed E-state index contributed by atoms with van der Waals surface area (Å²) in [5.74, 6) is 2.02. The van der Waals surface area contributed by atoms with Gasteiger partial charge in [0.25, 0.3) is 0 Å². The second-order valence-electron chi connectivity index (χ2n) is 8.00. The first-order chi connectivity index (χ1) is 15.4. The Balaban J connectivity index is 0.000000140. The van der Waals surface area contributed by atoms with Crippen LogP contribution in [0.1, 0.15) is 30.4 Å². The highest BCUT2D eigenvalue weighted by molar-refractivity contribution is 8.14. The Kier molecular flexibility index (Phi) is 6.22. The van der Waals surface area contributed by atoms with Crippen molar-refractivity contribution >= 4 is 33.2 Å². The summed E-state index contributed by atoms with van der Waals surface area (Å²) in [6, 6.07) is 23.2. The quantitative estimate of drug-likeness (QED) is 0.446. The minimum Gasteiger partial charge on any atom is -0.487 e. The van der Waals surface area contributed by atoms with E-state index in [1.165, 1.54) is 47.6 Å². The molecule has 3 heteroatoms. The van der Waals surface area contributed by atoms with E-state index in [9.17, 15) is 0 Å². The Bertz CT molecular complexity index is 1160. The molecule has 0 atom stereocenters. The first kappa shape index (κ1) is 20.1. The van der Waals surface area contributed by atoms with Crippen LogP contribution in [0, 0.1) is 0 Å². The second kappa shape index (κ2) is 9.57. The van der Waals surface area contributed by atoms with Gasteiger partial charge in [-0.2, -0.15) is 0 Å². The first-order valence-corrected chi connectivity index (χ1v) is 12.1. The Morgan fingerprint density at radius 1 is 0.871 bits per heavy atom. The lowest BCUT2D eigenvalue weighted by Crippen LogP contribution is -2.06. The normalized spacial score (nSPS) is 16.8. The van der Waals surface area contributed by atoms with Crippen LogP contribution in [0.15, 0.2) is 89.4 Å². The van der Waals surface area contributed by atoms with Gasteiger partial charge >= 0.3 is 0 Å². The summed E-state index contributed by atoms with van der Waals surface area (Å²) in [4.78, 5) is 4.31. The molecule has 31 heavy (non-hydrogen) atoms. The van der Waals surface area contributed by atoms with Crippen molar-refractivity contribution < 1.29 is 4.74 Å². The number of para-hydroxylation sites is 1. The van der Waals surface area contributed by atoms with Crippen LogP contribution in [0.2, 0.25) is 0 Å². The molecule has 6 rings (SSSR count). The molecule has 0 fully saturated rings. The zero-order valence-electron chi connectivity index (χ0n) is 17.7.